The molecule has 0 unspecified atom stereocenters. The van der Waals surface area contributed by atoms with Crippen molar-refractivity contribution in [2.45, 2.75) is 19.8 Å². The maximum atomic E-state index is 4.51. The number of hydrogen-bond donors (Lipinski definition) is 0. The van der Waals surface area contributed by atoms with E-state index in [-0.39, 0.29) is 0 Å². The first-order chi connectivity index (χ1) is 6.25. The van der Waals surface area contributed by atoms with Gasteiger partial charge >= 0.3 is 0 Å². The molecule has 0 amide bonds. The molecule has 1 aromatic rings. The van der Waals surface area contributed by atoms with E-state index in [1.54, 1.807) is 11.3 Å². The quantitative estimate of drug-likeness (QED) is 0.687. The number of likely N-dealkylation sites (tertiary alicyclic amines) is 1. The van der Waals surface area contributed by atoms with Gasteiger partial charge in [-0.3, -0.25) is 0 Å². The van der Waals surface area contributed by atoms with Crippen LogP contribution >= 0.6 is 11.3 Å². The van der Waals surface area contributed by atoms with Gasteiger partial charge < -0.3 is 4.90 Å². The first kappa shape index (κ1) is 8.69. The number of aryl methyl sites for hydroxylation is 1. The molecule has 2 heterocycles. The highest BCUT2D eigenvalue weighted by atomic mass is 32.1. The Bertz CT molecular complexity index is 329. The minimum atomic E-state index is 0.890. The van der Waals surface area contributed by atoms with Gasteiger partial charge in [0.2, 0.25) is 5.13 Å². The molecule has 3 nitrogen and oxygen atoms in total. The lowest BCUT2D eigenvalue weighted by atomic mass is 10.4. The van der Waals surface area contributed by atoms with Crippen LogP contribution in [0.4, 0.5) is 5.13 Å². The minimum absolute atomic E-state index is 0.890. The van der Waals surface area contributed by atoms with E-state index in [9.17, 15) is 0 Å². The minimum Gasteiger partial charge on any atom is -0.363 e. The molecule has 0 aliphatic carbocycles. The smallest absolute Gasteiger partial charge is 0.210 e. The van der Waals surface area contributed by atoms with E-state index in [1.807, 2.05) is 12.3 Å². The molecule has 1 aliphatic heterocycles. The normalized spacial score (nSPS) is 20.2. The number of amidine groups is 1. The predicted molar refractivity (Wildman–Crippen MR) is 55.8 cm³/mol. The number of thiazole rings is 1. The predicted octanol–water partition coefficient (Wildman–Crippen LogP) is 2.21. The molecule has 1 aliphatic rings. The number of hydrogen-bond acceptors (Lipinski definition) is 3. The zero-order valence-corrected chi connectivity index (χ0v) is 8.77. The molecule has 0 saturated carbocycles. The Morgan fingerprint density at radius 3 is 3.00 bits per heavy atom. The molecule has 0 aromatic carbocycles. The second-order valence-corrected chi connectivity index (χ2v) is 4.16. The summed E-state index contributed by atoms with van der Waals surface area (Å²) < 4.78 is 0. The van der Waals surface area contributed by atoms with Gasteiger partial charge in [0.1, 0.15) is 5.84 Å². The Morgan fingerprint density at radius 2 is 2.46 bits per heavy atom. The van der Waals surface area contributed by atoms with Crippen LogP contribution in [0.5, 0.6) is 0 Å². The van der Waals surface area contributed by atoms with E-state index in [2.05, 4.69) is 21.9 Å². The molecule has 1 aromatic heterocycles. The zero-order valence-electron chi connectivity index (χ0n) is 7.95. The average Bonchev–Trinajstić information content (AvgIpc) is 2.64. The lowest BCUT2D eigenvalue weighted by molar-refractivity contribution is 0.550. The highest BCUT2D eigenvalue weighted by Gasteiger charge is 2.14. The van der Waals surface area contributed by atoms with Gasteiger partial charge in [0, 0.05) is 25.4 Å². The van der Waals surface area contributed by atoms with E-state index >= 15 is 0 Å². The van der Waals surface area contributed by atoms with Gasteiger partial charge in [0.25, 0.3) is 0 Å². The van der Waals surface area contributed by atoms with Gasteiger partial charge in [-0.2, -0.15) is 0 Å². The Labute approximate surface area is 82.1 Å². The lowest BCUT2D eigenvalue weighted by Gasteiger charge is -2.09. The van der Waals surface area contributed by atoms with Crippen LogP contribution in [0.3, 0.4) is 0 Å². The molecule has 0 radical (unpaired) electrons. The summed E-state index contributed by atoms with van der Waals surface area (Å²) in [7, 11) is 2.09. The fraction of sp³-hybridized carbons (Fsp3) is 0.556. The molecule has 13 heavy (non-hydrogen) atoms. The third-order valence-corrected chi connectivity index (χ3v) is 3.02. The third kappa shape index (κ3) is 1.88. The number of aliphatic imine (C=N–C) groups is 1. The summed E-state index contributed by atoms with van der Waals surface area (Å²) in [6.45, 7) is 3.13. The second kappa shape index (κ2) is 3.46. The third-order valence-electron chi connectivity index (χ3n) is 2.17. The highest BCUT2D eigenvalue weighted by molar-refractivity contribution is 7.13. The van der Waals surface area contributed by atoms with Crippen molar-refractivity contribution in [2.24, 2.45) is 4.99 Å². The molecular weight excluding hydrogens is 182 g/mol. The Hall–Kier alpha value is -0.900. The fourth-order valence-corrected chi connectivity index (χ4v) is 2.12. The van der Waals surface area contributed by atoms with Crippen molar-refractivity contribution in [1.82, 2.24) is 9.88 Å². The van der Waals surface area contributed by atoms with Crippen LogP contribution in [0, 0.1) is 6.92 Å². The molecule has 1 fully saturated rings. The molecule has 0 N–H and O–H groups in total. The van der Waals surface area contributed by atoms with Gasteiger partial charge in [-0.15, -0.1) is 11.3 Å². The van der Waals surface area contributed by atoms with E-state index in [4.69, 9.17) is 0 Å². The Morgan fingerprint density at radius 1 is 1.62 bits per heavy atom. The standard InChI is InChI=1S/C9H13N3S/c1-7-6-13-9(10-7)11-8-4-3-5-12(8)2/h6H,3-5H2,1-2H3/b11-8+. The molecule has 0 atom stereocenters. The molecule has 2 rings (SSSR count). The summed E-state index contributed by atoms with van der Waals surface area (Å²) in [5.41, 5.74) is 1.06. The van der Waals surface area contributed by atoms with Crippen LogP contribution in [-0.4, -0.2) is 29.3 Å². The molecule has 1 saturated heterocycles. The molecule has 0 bridgehead atoms. The second-order valence-electron chi connectivity index (χ2n) is 3.32. The van der Waals surface area contributed by atoms with Crippen molar-refractivity contribution >= 4 is 22.3 Å². The summed E-state index contributed by atoms with van der Waals surface area (Å²) in [5, 5.41) is 2.93. The van der Waals surface area contributed by atoms with Crippen LogP contribution < -0.4 is 0 Å². The summed E-state index contributed by atoms with van der Waals surface area (Å²) in [6, 6.07) is 0. The maximum Gasteiger partial charge on any atom is 0.210 e. The monoisotopic (exact) mass is 195 g/mol. The van der Waals surface area contributed by atoms with E-state index in [1.165, 1.54) is 12.3 Å². The maximum absolute atomic E-state index is 4.51. The Kier molecular flexibility index (Phi) is 2.31. The van der Waals surface area contributed by atoms with Crippen molar-refractivity contribution in [3.63, 3.8) is 0 Å². The summed E-state index contributed by atoms with van der Waals surface area (Å²) in [6.07, 6.45) is 2.31. The van der Waals surface area contributed by atoms with Crippen molar-refractivity contribution in [3.05, 3.63) is 11.1 Å². The number of rotatable bonds is 1. The van der Waals surface area contributed by atoms with Crippen LogP contribution in [0.25, 0.3) is 0 Å². The molecule has 4 heteroatoms. The van der Waals surface area contributed by atoms with Crippen LogP contribution in [0.15, 0.2) is 10.4 Å². The van der Waals surface area contributed by atoms with Gasteiger partial charge in [-0.05, 0) is 13.3 Å². The van der Waals surface area contributed by atoms with E-state index in [0.717, 1.165) is 23.8 Å². The molecular formula is C9H13N3S. The SMILES string of the molecule is Cc1csc(/N=C2\CCCN2C)n1. The largest absolute Gasteiger partial charge is 0.363 e. The van der Waals surface area contributed by atoms with E-state index in [0.29, 0.717) is 0 Å². The van der Waals surface area contributed by atoms with Gasteiger partial charge in [-0.25, -0.2) is 9.98 Å². The summed E-state index contributed by atoms with van der Waals surface area (Å²) >= 11 is 1.61. The first-order valence-corrected chi connectivity index (χ1v) is 5.34. The van der Waals surface area contributed by atoms with Crippen molar-refractivity contribution < 1.29 is 0 Å². The van der Waals surface area contributed by atoms with Crippen LogP contribution in [-0.2, 0) is 0 Å². The summed E-state index contributed by atoms with van der Waals surface area (Å²) in [4.78, 5) is 11.0. The van der Waals surface area contributed by atoms with Gasteiger partial charge in [0.05, 0.1) is 5.69 Å². The first-order valence-electron chi connectivity index (χ1n) is 4.46. The van der Waals surface area contributed by atoms with Crippen molar-refractivity contribution in [3.8, 4) is 0 Å². The van der Waals surface area contributed by atoms with Crippen molar-refractivity contribution in [1.29, 1.82) is 0 Å². The number of aromatic nitrogens is 1. The van der Waals surface area contributed by atoms with Crippen LogP contribution in [0.2, 0.25) is 0 Å². The van der Waals surface area contributed by atoms with Crippen LogP contribution in [0.1, 0.15) is 18.5 Å². The lowest BCUT2D eigenvalue weighted by Crippen LogP contribution is -2.18. The van der Waals surface area contributed by atoms with Crippen molar-refractivity contribution in [2.75, 3.05) is 13.6 Å². The molecule has 0 spiro atoms. The van der Waals surface area contributed by atoms with E-state index < -0.39 is 0 Å². The Balaban J connectivity index is 2.19. The highest BCUT2D eigenvalue weighted by Crippen LogP contribution is 2.21. The summed E-state index contributed by atoms with van der Waals surface area (Å²) in [5.74, 6) is 1.18. The topological polar surface area (TPSA) is 28.5 Å². The fourth-order valence-electron chi connectivity index (χ4n) is 1.44. The number of nitrogens with zero attached hydrogens (tertiary/aromatic N) is 3. The van der Waals surface area contributed by atoms with Gasteiger partial charge in [0.15, 0.2) is 0 Å². The van der Waals surface area contributed by atoms with Gasteiger partial charge in [-0.1, -0.05) is 0 Å². The molecule has 70 valence electrons. The average molecular weight is 195 g/mol. The zero-order chi connectivity index (χ0) is 9.26.